The quantitative estimate of drug-likeness (QED) is 0.729. The first-order valence-corrected chi connectivity index (χ1v) is 8.44. The number of nitrogens with one attached hydrogen (secondary N) is 1. The van der Waals surface area contributed by atoms with Crippen molar-refractivity contribution in [1.82, 2.24) is 14.5 Å². The van der Waals surface area contributed by atoms with Gasteiger partial charge in [0.15, 0.2) is 0 Å². The van der Waals surface area contributed by atoms with Crippen LogP contribution in [0.15, 0.2) is 0 Å². The van der Waals surface area contributed by atoms with Gasteiger partial charge in [0.25, 0.3) is 0 Å². The summed E-state index contributed by atoms with van der Waals surface area (Å²) in [6.07, 6.45) is 1.13. The fourth-order valence-corrected chi connectivity index (χ4v) is 3.74. The summed E-state index contributed by atoms with van der Waals surface area (Å²) >= 11 is 0. The molecule has 0 aliphatic carbocycles. The molecule has 0 aromatic carbocycles. The topological polar surface area (TPSA) is 52.7 Å². The van der Waals surface area contributed by atoms with Crippen molar-refractivity contribution in [2.24, 2.45) is 0 Å². The second kappa shape index (κ2) is 7.43. The first-order chi connectivity index (χ1) is 8.52. The van der Waals surface area contributed by atoms with Crippen molar-refractivity contribution in [2.45, 2.75) is 32.4 Å². The molecule has 6 heteroatoms. The van der Waals surface area contributed by atoms with Crippen LogP contribution in [-0.2, 0) is 10.0 Å². The monoisotopic (exact) mass is 277 g/mol. The maximum Gasteiger partial charge on any atom is 0.218 e. The Hall–Kier alpha value is -0.170. The first-order valence-electron chi connectivity index (χ1n) is 6.94. The van der Waals surface area contributed by atoms with Crippen LogP contribution in [0.2, 0.25) is 0 Å². The Morgan fingerprint density at radius 1 is 1.17 bits per heavy atom. The molecule has 1 fully saturated rings. The lowest BCUT2D eigenvalue weighted by Gasteiger charge is -2.35. The molecule has 1 aliphatic heterocycles. The summed E-state index contributed by atoms with van der Waals surface area (Å²) in [6, 6.07) is 0. The number of hydrogen-bond donors (Lipinski definition) is 1. The summed E-state index contributed by atoms with van der Waals surface area (Å²) in [5.41, 5.74) is 0. The van der Waals surface area contributed by atoms with E-state index < -0.39 is 10.0 Å². The summed E-state index contributed by atoms with van der Waals surface area (Å²) < 4.78 is 26.3. The third-order valence-electron chi connectivity index (χ3n) is 3.42. The average Bonchev–Trinajstić information content (AvgIpc) is 2.37. The maximum absolute atomic E-state index is 12.3. The number of sulfonamides is 1. The van der Waals surface area contributed by atoms with Crippen molar-refractivity contribution in [3.63, 3.8) is 0 Å². The molecule has 1 rings (SSSR count). The SMILES string of the molecule is CCCN1CCN(S(=O)(=O)C(C)CNCC)CC1. The fraction of sp³-hybridized carbons (Fsp3) is 1.00. The second-order valence-corrected chi connectivity index (χ2v) is 7.26. The van der Waals surface area contributed by atoms with Crippen molar-refractivity contribution in [3.05, 3.63) is 0 Å². The summed E-state index contributed by atoms with van der Waals surface area (Å²) in [7, 11) is -3.13. The third kappa shape index (κ3) is 4.19. The molecule has 18 heavy (non-hydrogen) atoms. The molecule has 1 N–H and O–H groups in total. The zero-order chi connectivity index (χ0) is 13.6. The molecule has 0 aromatic heterocycles. The zero-order valence-corrected chi connectivity index (χ0v) is 12.7. The fourth-order valence-electron chi connectivity index (χ4n) is 2.23. The van der Waals surface area contributed by atoms with Gasteiger partial charge in [0, 0.05) is 32.7 Å². The van der Waals surface area contributed by atoms with Gasteiger partial charge in [0.05, 0.1) is 5.25 Å². The second-order valence-electron chi connectivity index (χ2n) is 4.90. The van der Waals surface area contributed by atoms with E-state index in [4.69, 9.17) is 0 Å². The van der Waals surface area contributed by atoms with Gasteiger partial charge in [-0.3, -0.25) is 0 Å². The number of piperazine rings is 1. The molecule has 1 unspecified atom stereocenters. The van der Waals surface area contributed by atoms with Crippen molar-refractivity contribution in [1.29, 1.82) is 0 Å². The van der Waals surface area contributed by atoms with Crippen LogP contribution in [0.25, 0.3) is 0 Å². The summed E-state index contributed by atoms with van der Waals surface area (Å²) in [5, 5.41) is 2.77. The average molecular weight is 277 g/mol. The highest BCUT2D eigenvalue weighted by atomic mass is 32.2. The van der Waals surface area contributed by atoms with Crippen molar-refractivity contribution in [2.75, 3.05) is 45.8 Å². The van der Waals surface area contributed by atoms with Gasteiger partial charge in [-0.05, 0) is 26.4 Å². The van der Waals surface area contributed by atoms with Crippen molar-refractivity contribution >= 4 is 10.0 Å². The Morgan fingerprint density at radius 3 is 2.28 bits per heavy atom. The summed E-state index contributed by atoms with van der Waals surface area (Å²) in [6.45, 7) is 11.3. The van der Waals surface area contributed by atoms with Gasteiger partial charge in [0.1, 0.15) is 0 Å². The molecule has 1 heterocycles. The molecule has 0 bridgehead atoms. The minimum absolute atomic E-state index is 0.338. The van der Waals surface area contributed by atoms with Gasteiger partial charge >= 0.3 is 0 Å². The highest BCUT2D eigenvalue weighted by molar-refractivity contribution is 7.89. The normalized spacial score (nSPS) is 21.1. The van der Waals surface area contributed by atoms with Crippen LogP contribution in [-0.4, -0.2) is 68.7 Å². The summed E-state index contributed by atoms with van der Waals surface area (Å²) in [5.74, 6) is 0. The Balaban J connectivity index is 2.49. The molecule has 1 aliphatic rings. The van der Waals surface area contributed by atoms with Crippen LogP contribution in [0.1, 0.15) is 27.2 Å². The van der Waals surface area contributed by atoms with Crippen molar-refractivity contribution < 1.29 is 8.42 Å². The lowest BCUT2D eigenvalue weighted by atomic mass is 10.3. The largest absolute Gasteiger partial charge is 0.316 e. The van der Waals surface area contributed by atoms with E-state index >= 15 is 0 Å². The van der Waals surface area contributed by atoms with Crippen LogP contribution in [0, 0.1) is 0 Å². The van der Waals surface area contributed by atoms with E-state index in [1.807, 2.05) is 6.92 Å². The Labute approximate surface area is 112 Å². The highest BCUT2D eigenvalue weighted by Gasteiger charge is 2.30. The molecule has 0 aromatic rings. The van der Waals surface area contributed by atoms with Crippen LogP contribution < -0.4 is 5.32 Å². The highest BCUT2D eigenvalue weighted by Crippen LogP contribution is 2.12. The summed E-state index contributed by atoms with van der Waals surface area (Å²) in [4.78, 5) is 2.33. The number of rotatable bonds is 7. The van der Waals surface area contributed by atoms with Gasteiger partial charge in [-0.15, -0.1) is 0 Å². The van der Waals surface area contributed by atoms with Gasteiger partial charge in [0.2, 0.25) is 10.0 Å². The first kappa shape index (κ1) is 15.9. The van der Waals surface area contributed by atoms with Crippen LogP contribution in [0.3, 0.4) is 0 Å². The molecule has 1 atom stereocenters. The molecule has 108 valence electrons. The van der Waals surface area contributed by atoms with E-state index in [-0.39, 0.29) is 5.25 Å². The number of nitrogens with zero attached hydrogens (tertiary/aromatic N) is 2. The van der Waals surface area contributed by atoms with E-state index in [0.29, 0.717) is 19.6 Å². The van der Waals surface area contributed by atoms with E-state index in [1.165, 1.54) is 0 Å². The minimum Gasteiger partial charge on any atom is -0.316 e. The van der Waals surface area contributed by atoms with Gasteiger partial charge in [-0.1, -0.05) is 13.8 Å². The maximum atomic E-state index is 12.3. The van der Waals surface area contributed by atoms with Crippen LogP contribution >= 0.6 is 0 Å². The number of hydrogen-bond acceptors (Lipinski definition) is 4. The molecule has 1 saturated heterocycles. The van der Waals surface area contributed by atoms with E-state index in [1.54, 1.807) is 11.2 Å². The van der Waals surface area contributed by atoms with Crippen LogP contribution in [0.5, 0.6) is 0 Å². The van der Waals surface area contributed by atoms with Gasteiger partial charge in [-0.25, -0.2) is 8.42 Å². The molecule has 5 nitrogen and oxygen atoms in total. The molecule has 0 amide bonds. The molecular weight excluding hydrogens is 250 g/mol. The lowest BCUT2D eigenvalue weighted by Crippen LogP contribution is -2.52. The minimum atomic E-state index is -3.13. The zero-order valence-electron chi connectivity index (χ0n) is 11.9. The Kier molecular flexibility index (Phi) is 6.55. The molecule has 0 saturated carbocycles. The molecule has 0 radical (unpaired) electrons. The standard InChI is InChI=1S/C12H27N3O2S/c1-4-6-14-7-9-15(10-8-14)18(16,17)12(3)11-13-5-2/h12-13H,4-11H2,1-3H3. The molecular formula is C12H27N3O2S. The van der Waals surface area contributed by atoms with Crippen LogP contribution in [0.4, 0.5) is 0 Å². The Morgan fingerprint density at radius 2 is 1.78 bits per heavy atom. The predicted octanol–water partition coefficient (Wildman–Crippen LogP) is 0.342. The van der Waals surface area contributed by atoms with Crippen molar-refractivity contribution in [3.8, 4) is 0 Å². The van der Waals surface area contributed by atoms with Gasteiger partial charge < -0.3 is 10.2 Å². The molecule has 0 spiro atoms. The van der Waals surface area contributed by atoms with E-state index in [9.17, 15) is 8.42 Å². The van der Waals surface area contributed by atoms with Gasteiger partial charge in [-0.2, -0.15) is 4.31 Å². The smallest absolute Gasteiger partial charge is 0.218 e. The third-order valence-corrected chi connectivity index (χ3v) is 5.69. The predicted molar refractivity (Wildman–Crippen MR) is 75.2 cm³/mol. The lowest BCUT2D eigenvalue weighted by molar-refractivity contribution is 0.188. The Bertz CT molecular complexity index is 324. The van der Waals surface area contributed by atoms with E-state index in [2.05, 4.69) is 17.1 Å². The van der Waals surface area contributed by atoms with E-state index in [0.717, 1.165) is 32.6 Å².